The Balaban J connectivity index is 3.21. The van der Waals surface area contributed by atoms with Crippen LogP contribution in [0, 0.1) is 6.92 Å². The Bertz CT molecular complexity index is 397. The first-order valence-electron chi connectivity index (χ1n) is 5.40. The summed E-state index contributed by atoms with van der Waals surface area (Å²) in [4.78, 5) is 12.2. The van der Waals surface area contributed by atoms with E-state index >= 15 is 0 Å². The SMILES string of the molecule is CCC(C)(N)C(=O)c1cc(C)ccc1OC. The predicted molar refractivity (Wildman–Crippen MR) is 64.9 cm³/mol. The second-order valence-electron chi connectivity index (χ2n) is 4.30. The highest BCUT2D eigenvalue weighted by molar-refractivity contribution is 6.05. The summed E-state index contributed by atoms with van der Waals surface area (Å²) >= 11 is 0. The number of benzene rings is 1. The molecule has 1 aromatic rings. The highest BCUT2D eigenvalue weighted by Gasteiger charge is 2.29. The molecule has 0 heterocycles. The third-order valence-corrected chi connectivity index (χ3v) is 2.85. The summed E-state index contributed by atoms with van der Waals surface area (Å²) in [5.41, 5.74) is 6.72. The maximum atomic E-state index is 12.2. The molecule has 1 rings (SSSR count). The Morgan fingerprint density at radius 2 is 2.12 bits per heavy atom. The van der Waals surface area contributed by atoms with Gasteiger partial charge in [-0.05, 0) is 32.4 Å². The molecule has 0 aliphatic heterocycles. The lowest BCUT2D eigenvalue weighted by molar-refractivity contribution is 0.0894. The van der Waals surface area contributed by atoms with Crippen LogP contribution in [0.3, 0.4) is 0 Å². The van der Waals surface area contributed by atoms with E-state index in [1.165, 1.54) is 0 Å². The molecule has 0 saturated heterocycles. The molecule has 16 heavy (non-hydrogen) atoms. The summed E-state index contributed by atoms with van der Waals surface area (Å²) in [6.07, 6.45) is 0.600. The first-order valence-corrected chi connectivity index (χ1v) is 5.40. The van der Waals surface area contributed by atoms with E-state index < -0.39 is 5.54 Å². The molecule has 0 amide bonds. The van der Waals surface area contributed by atoms with Gasteiger partial charge in [-0.3, -0.25) is 4.79 Å². The van der Waals surface area contributed by atoms with Crippen LogP contribution < -0.4 is 10.5 Å². The molecular weight excluding hydrogens is 202 g/mol. The molecule has 0 fully saturated rings. The average Bonchev–Trinajstić information content (AvgIpc) is 2.28. The van der Waals surface area contributed by atoms with Crippen molar-refractivity contribution in [3.8, 4) is 5.75 Å². The molecule has 0 aromatic heterocycles. The van der Waals surface area contributed by atoms with Crippen LogP contribution in [-0.2, 0) is 0 Å². The molecular formula is C13H19NO2. The topological polar surface area (TPSA) is 52.3 Å². The third kappa shape index (κ3) is 2.42. The van der Waals surface area contributed by atoms with Crippen molar-refractivity contribution in [1.82, 2.24) is 0 Å². The summed E-state index contributed by atoms with van der Waals surface area (Å²) < 4.78 is 5.18. The zero-order chi connectivity index (χ0) is 12.3. The molecule has 1 aromatic carbocycles. The van der Waals surface area contributed by atoms with Crippen molar-refractivity contribution in [2.45, 2.75) is 32.7 Å². The van der Waals surface area contributed by atoms with Crippen LogP contribution in [0.25, 0.3) is 0 Å². The van der Waals surface area contributed by atoms with Gasteiger partial charge in [0.1, 0.15) is 5.75 Å². The first-order chi connectivity index (χ1) is 7.42. The minimum atomic E-state index is -0.832. The van der Waals surface area contributed by atoms with E-state index in [4.69, 9.17) is 10.5 Å². The third-order valence-electron chi connectivity index (χ3n) is 2.85. The number of rotatable bonds is 4. The lowest BCUT2D eigenvalue weighted by Crippen LogP contribution is -2.44. The van der Waals surface area contributed by atoms with Gasteiger partial charge >= 0.3 is 0 Å². The number of ketones is 1. The summed E-state index contributed by atoms with van der Waals surface area (Å²) in [6, 6.07) is 5.53. The van der Waals surface area contributed by atoms with Gasteiger partial charge < -0.3 is 10.5 Å². The molecule has 88 valence electrons. The van der Waals surface area contributed by atoms with Gasteiger partial charge in [-0.25, -0.2) is 0 Å². The van der Waals surface area contributed by atoms with E-state index in [1.54, 1.807) is 20.1 Å². The van der Waals surface area contributed by atoms with Crippen LogP contribution in [0.5, 0.6) is 5.75 Å². The van der Waals surface area contributed by atoms with Crippen molar-refractivity contribution in [1.29, 1.82) is 0 Å². The van der Waals surface area contributed by atoms with Gasteiger partial charge in [0.25, 0.3) is 0 Å². The van der Waals surface area contributed by atoms with E-state index in [2.05, 4.69) is 0 Å². The zero-order valence-electron chi connectivity index (χ0n) is 10.3. The number of hydrogen-bond acceptors (Lipinski definition) is 3. The fourth-order valence-electron chi connectivity index (χ4n) is 1.47. The zero-order valence-corrected chi connectivity index (χ0v) is 10.3. The van der Waals surface area contributed by atoms with E-state index in [-0.39, 0.29) is 5.78 Å². The van der Waals surface area contributed by atoms with Crippen LogP contribution in [0.2, 0.25) is 0 Å². The van der Waals surface area contributed by atoms with Crippen LogP contribution in [0.4, 0.5) is 0 Å². The fourth-order valence-corrected chi connectivity index (χ4v) is 1.47. The number of Topliss-reactive ketones (excluding diaryl/α,β-unsaturated/α-hetero) is 1. The maximum absolute atomic E-state index is 12.2. The standard InChI is InChI=1S/C13H19NO2/c1-5-13(3,14)12(15)10-8-9(2)6-7-11(10)16-4/h6-8H,5,14H2,1-4H3. The van der Waals surface area contributed by atoms with Gasteiger partial charge in [-0.1, -0.05) is 18.6 Å². The van der Waals surface area contributed by atoms with Gasteiger partial charge in [-0.15, -0.1) is 0 Å². The van der Waals surface area contributed by atoms with Gasteiger partial charge in [-0.2, -0.15) is 0 Å². The normalized spacial score (nSPS) is 14.3. The highest BCUT2D eigenvalue weighted by Crippen LogP contribution is 2.24. The lowest BCUT2D eigenvalue weighted by Gasteiger charge is -2.22. The minimum absolute atomic E-state index is 0.0736. The van der Waals surface area contributed by atoms with Crippen LogP contribution in [-0.4, -0.2) is 18.4 Å². The molecule has 0 aliphatic carbocycles. The summed E-state index contributed by atoms with van der Waals surface area (Å²) in [6.45, 7) is 5.59. The molecule has 1 unspecified atom stereocenters. The fraction of sp³-hybridized carbons (Fsp3) is 0.462. The molecule has 0 aliphatic rings. The maximum Gasteiger partial charge on any atom is 0.186 e. The first kappa shape index (κ1) is 12.7. The van der Waals surface area contributed by atoms with Crippen molar-refractivity contribution < 1.29 is 9.53 Å². The van der Waals surface area contributed by atoms with Crippen molar-refractivity contribution in [3.63, 3.8) is 0 Å². The average molecular weight is 221 g/mol. The van der Waals surface area contributed by atoms with Crippen LogP contribution >= 0.6 is 0 Å². The Labute approximate surface area is 96.6 Å². The Kier molecular flexibility index (Phi) is 3.70. The van der Waals surface area contributed by atoms with Gasteiger partial charge in [0.05, 0.1) is 18.2 Å². The Morgan fingerprint density at radius 1 is 1.50 bits per heavy atom. The second-order valence-corrected chi connectivity index (χ2v) is 4.30. The minimum Gasteiger partial charge on any atom is -0.496 e. The van der Waals surface area contributed by atoms with Gasteiger partial charge in [0, 0.05) is 0 Å². The lowest BCUT2D eigenvalue weighted by atomic mass is 9.89. The number of carbonyl (C=O) groups is 1. The molecule has 0 spiro atoms. The van der Waals surface area contributed by atoms with E-state index in [0.717, 1.165) is 5.56 Å². The molecule has 2 N–H and O–H groups in total. The number of ether oxygens (including phenoxy) is 1. The Morgan fingerprint density at radius 3 is 2.62 bits per heavy atom. The van der Waals surface area contributed by atoms with E-state index in [9.17, 15) is 4.79 Å². The van der Waals surface area contributed by atoms with E-state index in [0.29, 0.717) is 17.7 Å². The number of aryl methyl sites for hydroxylation is 1. The predicted octanol–water partition coefficient (Wildman–Crippen LogP) is 2.31. The molecule has 1 atom stereocenters. The number of methoxy groups -OCH3 is 1. The van der Waals surface area contributed by atoms with Crippen molar-refractivity contribution in [2.75, 3.05) is 7.11 Å². The molecule has 0 saturated carbocycles. The number of carbonyl (C=O) groups excluding carboxylic acids is 1. The summed E-state index contributed by atoms with van der Waals surface area (Å²) in [5.74, 6) is 0.510. The Hall–Kier alpha value is -1.35. The van der Waals surface area contributed by atoms with Crippen LogP contribution in [0.15, 0.2) is 18.2 Å². The largest absolute Gasteiger partial charge is 0.496 e. The van der Waals surface area contributed by atoms with Crippen LogP contribution in [0.1, 0.15) is 36.2 Å². The van der Waals surface area contributed by atoms with Crippen molar-refractivity contribution in [2.24, 2.45) is 5.73 Å². The van der Waals surface area contributed by atoms with Crippen molar-refractivity contribution in [3.05, 3.63) is 29.3 Å². The number of hydrogen-bond donors (Lipinski definition) is 1. The monoisotopic (exact) mass is 221 g/mol. The van der Waals surface area contributed by atoms with Gasteiger partial charge in [0.15, 0.2) is 5.78 Å². The summed E-state index contributed by atoms with van der Waals surface area (Å²) in [5, 5.41) is 0. The molecule has 3 heteroatoms. The van der Waals surface area contributed by atoms with E-state index in [1.807, 2.05) is 26.0 Å². The molecule has 3 nitrogen and oxygen atoms in total. The summed E-state index contributed by atoms with van der Waals surface area (Å²) in [7, 11) is 1.56. The quantitative estimate of drug-likeness (QED) is 0.794. The smallest absolute Gasteiger partial charge is 0.186 e. The molecule has 0 bridgehead atoms. The van der Waals surface area contributed by atoms with Crippen molar-refractivity contribution >= 4 is 5.78 Å². The second kappa shape index (κ2) is 4.66. The molecule has 0 radical (unpaired) electrons. The van der Waals surface area contributed by atoms with Gasteiger partial charge in [0.2, 0.25) is 0 Å². The number of nitrogens with two attached hydrogens (primary N) is 1. The highest BCUT2D eigenvalue weighted by atomic mass is 16.5.